The molecule has 0 heterocycles. The van der Waals surface area contributed by atoms with Crippen LogP contribution in [-0.2, 0) is 0 Å². The van der Waals surface area contributed by atoms with E-state index in [4.69, 9.17) is 0 Å². The molecule has 0 bridgehead atoms. The molecule has 6 heteroatoms. The molecular weight excluding hydrogens is 202 g/mol. The highest BCUT2D eigenvalue weighted by molar-refractivity contribution is 7.27. The van der Waals surface area contributed by atoms with Crippen LogP contribution in [0.25, 0.3) is 0 Å². The SMILES string of the molecule is Cc1ccc(P)cc1.F[B-](F)(F)F. The van der Waals surface area contributed by atoms with Gasteiger partial charge < -0.3 is 17.3 Å². The molecule has 1 unspecified atom stereocenters. The number of hydrogen-bond donors (Lipinski definition) is 0. The Morgan fingerprint density at radius 3 is 1.54 bits per heavy atom. The van der Waals surface area contributed by atoms with Crippen molar-refractivity contribution in [3.8, 4) is 0 Å². The molecule has 0 fully saturated rings. The van der Waals surface area contributed by atoms with Gasteiger partial charge in [-0.15, -0.1) is 9.24 Å². The first-order valence-electron chi connectivity index (χ1n) is 3.48. The van der Waals surface area contributed by atoms with Gasteiger partial charge in [0.25, 0.3) is 0 Å². The van der Waals surface area contributed by atoms with Crippen LogP contribution >= 0.6 is 9.24 Å². The van der Waals surface area contributed by atoms with E-state index in [1.54, 1.807) is 0 Å². The Morgan fingerprint density at radius 2 is 1.31 bits per heavy atom. The van der Waals surface area contributed by atoms with Gasteiger partial charge in [-0.2, -0.15) is 0 Å². The molecule has 1 aromatic carbocycles. The Labute approximate surface area is 76.6 Å². The number of hydrogen-bond acceptors (Lipinski definition) is 0. The predicted octanol–water partition coefficient (Wildman–Crippen LogP) is 2.80. The fourth-order valence-corrected chi connectivity index (χ4v) is 0.759. The zero-order valence-corrected chi connectivity index (χ0v) is 8.13. The molecule has 0 saturated carbocycles. The standard InChI is InChI=1S/C7H9P.BF4/c1-6-2-4-7(8)5-3-6;2-1(3,4)5/h2-5H,8H2,1H3;/q;-1. The molecule has 0 aliphatic heterocycles. The van der Waals surface area contributed by atoms with Gasteiger partial charge in [0, 0.05) is 0 Å². The van der Waals surface area contributed by atoms with Crippen LogP contribution in [0.2, 0.25) is 0 Å². The maximum Gasteiger partial charge on any atom is 0.673 e. The van der Waals surface area contributed by atoms with Crippen molar-refractivity contribution in [2.24, 2.45) is 0 Å². The lowest BCUT2D eigenvalue weighted by Gasteiger charge is -1.94. The van der Waals surface area contributed by atoms with E-state index in [0.29, 0.717) is 0 Å². The number of rotatable bonds is 0. The van der Waals surface area contributed by atoms with E-state index in [9.17, 15) is 17.3 Å². The Balaban J connectivity index is 0.000000252. The van der Waals surface area contributed by atoms with Gasteiger partial charge in [0.2, 0.25) is 0 Å². The second-order valence-electron chi connectivity index (χ2n) is 2.41. The largest absolute Gasteiger partial charge is 0.673 e. The highest BCUT2D eigenvalue weighted by Gasteiger charge is 2.20. The molecule has 0 amide bonds. The van der Waals surface area contributed by atoms with Crippen LogP contribution in [0.5, 0.6) is 0 Å². The quantitative estimate of drug-likeness (QED) is 0.351. The predicted molar refractivity (Wildman–Crippen MR) is 50.7 cm³/mol. The molecule has 1 atom stereocenters. The second kappa shape index (κ2) is 5.23. The van der Waals surface area contributed by atoms with Gasteiger partial charge in [-0.05, 0) is 12.2 Å². The third kappa shape index (κ3) is 11.4. The van der Waals surface area contributed by atoms with Crippen molar-refractivity contribution >= 4 is 21.8 Å². The van der Waals surface area contributed by atoms with E-state index in [2.05, 4.69) is 40.4 Å². The summed E-state index contributed by atoms with van der Waals surface area (Å²) in [6, 6.07) is 8.37. The van der Waals surface area contributed by atoms with Gasteiger partial charge in [-0.25, -0.2) is 0 Å². The minimum absolute atomic E-state index is 1.25. The van der Waals surface area contributed by atoms with E-state index < -0.39 is 7.25 Å². The third-order valence-electron chi connectivity index (χ3n) is 1.08. The second-order valence-corrected chi connectivity index (χ2v) is 3.07. The summed E-state index contributed by atoms with van der Waals surface area (Å²) in [5, 5.41) is 1.25. The fourth-order valence-electron chi connectivity index (χ4n) is 0.566. The molecule has 0 aliphatic carbocycles. The highest BCUT2D eigenvalue weighted by Crippen LogP contribution is 2.06. The molecule has 13 heavy (non-hydrogen) atoms. The summed E-state index contributed by atoms with van der Waals surface area (Å²) in [4.78, 5) is 0. The van der Waals surface area contributed by atoms with E-state index >= 15 is 0 Å². The minimum Gasteiger partial charge on any atom is -0.418 e. The summed E-state index contributed by atoms with van der Waals surface area (Å²) in [6.07, 6.45) is 0. The van der Waals surface area contributed by atoms with Gasteiger partial charge in [-0.3, -0.25) is 0 Å². The highest BCUT2D eigenvalue weighted by atomic mass is 31.0. The Morgan fingerprint density at radius 1 is 1.00 bits per heavy atom. The molecule has 0 spiro atoms. The van der Waals surface area contributed by atoms with E-state index in [1.165, 1.54) is 10.9 Å². The zero-order valence-electron chi connectivity index (χ0n) is 6.98. The monoisotopic (exact) mass is 211 g/mol. The van der Waals surface area contributed by atoms with Crippen LogP contribution in [0, 0.1) is 6.92 Å². The zero-order chi connectivity index (χ0) is 10.5. The molecule has 1 aromatic rings. The molecule has 74 valence electrons. The summed E-state index contributed by atoms with van der Waals surface area (Å²) >= 11 is 0. The maximum atomic E-state index is 9.75. The number of halogens is 4. The van der Waals surface area contributed by atoms with Crippen molar-refractivity contribution in [3.63, 3.8) is 0 Å². The molecule has 0 aromatic heterocycles. The summed E-state index contributed by atoms with van der Waals surface area (Å²) in [5.74, 6) is 0. The average molecular weight is 211 g/mol. The van der Waals surface area contributed by atoms with Gasteiger partial charge in [0.15, 0.2) is 0 Å². The molecule has 1 rings (SSSR count). The van der Waals surface area contributed by atoms with E-state index in [0.717, 1.165) is 0 Å². The Hall–Kier alpha value is -0.565. The first kappa shape index (κ1) is 12.4. The lowest BCUT2D eigenvalue weighted by atomic mass is 10.2. The summed E-state index contributed by atoms with van der Waals surface area (Å²) in [6.45, 7) is 2.09. The molecule has 0 nitrogen and oxygen atoms in total. The summed E-state index contributed by atoms with van der Waals surface area (Å²) in [5.41, 5.74) is 1.32. The minimum atomic E-state index is -6.00. The van der Waals surface area contributed by atoms with Crippen molar-refractivity contribution in [1.29, 1.82) is 0 Å². The van der Waals surface area contributed by atoms with Crippen LogP contribution in [-0.4, -0.2) is 7.25 Å². The van der Waals surface area contributed by atoms with Gasteiger partial charge >= 0.3 is 7.25 Å². The summed E-state index contributed by atoms with van der Waals surface area (Å²) < 4.78 is 39.0. The smallest absolute Gasteiger partial charge is 0.418 e. The lowest BCUT2D eigenvalue weighted by Crippen LogP contribution is -2.02. The van der Waals surface area contributed by atoms with Gasteiger partial charge in [0.1, 0.15) is 0 Å². The first-order chi connectivity index (χ1) is 5.79. The third-order valence-corrected chi connectivity index (χ3v) is 1.46. The number of aryl methyl sites for hydroxylation is 1. The normalized spacial score (nSPS) is 10.3. The average Bonchev–Trinajstić information content (AvgIpc) is 1.92. The molecule has 0 saturated heterocycles. The van der Waals surface area contributed by atoms with E-state index in [-0.39, 0.29) is 0 Å². The van der Waals surface area contributed by atoms with Crippen molar-refractivity contribution in [2.75, 3.05) is 0 Å². The maximum absolute atomic E-state index is 9.75. The Kier molecular flexibility index (Phi) is 5.00. The van der Waals surface area contributed by atoms with Crippen LogP contribution in [0.3, 0.4) is 0 Å². The topological polar surface area (TPSA) is 0 Å². The lowest BCUT2D eigenvalue weighted by molar-refractivity contribution is 0.368. The van der Waals surface area contributed by atoms with Crippen molar-refractivity contribution in [2.45, 2.75) is 6.92 Å². The first-order valence-corrected chi connectivity index (χ1v) is 4.06. The van der Waals surface area contributed by atoms with Crippen LogP contribution in [0.1, 0.15) is 5.56 Å². The van der Waals surface area contributed by atoms with Gasteiger partial charge in [-0.1, -0.05) is 29.8 Å². The molecule has 0 N–H and O–H groups in total. The van der Waals surface area contributed by atoms with Crippen LogP contribution in [0.15, 0.2) is 24.3 Å². The van der Waals surface area contributed by atoms with Crippen molar-refractivity contribution in [3.05, 3.63) is 29.8 Å². The van der Waals surface area contributed by atoms with Crippen molar-refractivity contribution in [1.82, 2.24) is 0 Å². The Bertz CT molecular complexity index is 217. The fraction of sp³-hybridized carbons (Fsp3) is 0.143. The molecule has 0 radical (unpaired) electrons. The van der Waals surface area contributed by atoms with Gasteiger partial charge in [0.05, 0.1) is 0 Å². The summed E-state index contributed by atoms with van der Waals surface area (Å²) in [7, 11) is -3.35. The number of benzene rings is 1. The molecule has 0 aliphatic rings. The van der Waals surface area contributed by atoms with Crippen LogP contribution < -0.4 is 5.30 Å². The van der Waals surface area contributed by atoms with E-state index in [1.807, 2.05) is 0 Å². The van der Waals surface area contributed by atoms with Crippen LogP contribution in [0.4, 0.5) is 17.3 Å². The van der Waals surface area contributed by atoms with Crippen molar-refractivity contribution < 1.29 is 17.3 Å². The molecular formula is C7H9BF4P-.